The van der Waals surface area contributed by atoms with Gasteiger partial charge in [-0.2, -0.15) is 4.68 Å². The third-order valence-corrected chi connectivity index (χ3v) is 1.57. The SMILES string of the molecule is CC(CN)n1ccc([N+](=O)[O-])n1. The highest BCUT2D eigenvalue weighted by molar-refractivity contribution is 5.14. The van der Waals surface area contributed by atoms with Gasteiger partial charge >= 0.3 is 5.82 Å². The summed E-state index contributed by atoms with van der Waals surface area (Å²) in [5, 5.41) is 13.9. The summed E-state index contributed by atoms with van der Waals surface area (Å²) in [6, 6.07) is 1.35. The van der Waals surface area contributed by atoms with Crippen molar-refractivity contribution in [2.45, 2.75) is 13.0 Å². The van der Waals surface area contributed by atoms with E-state index in [9.17, 15) is 10.1 Å². The van der Waals surface area contributed by atoms with E-state index in [0.29, 0.717) is 6.54 Å². The molecule has 0 aliphatic rings. The lowest BCUT2D eigenvalue weighted by Gasteiger charge is -2.02. The fraction of sp³-hybridized carbons (Fsp3) is 0.500. The van der Waals surface area contributed by atoms with Crippen molar-refractivity contribution in [2.24, 2.45) is 5.73 Å². The molecule has 0 saturated carbocycles. The number of hydrogen-bond acceptors (Lipinski definition) is 4. The molecule has 0 spiro atoms. The molecular formula is C6H10N4O2. The first-order valence-corrected chi connectivity index (χ1v) is 3.54. The summed E-state index contributed by atoms with van der Waals surface area (Å²) in [6.45, 7) is 2.26. The first-order chi connectivity index (χ1) is 5.65. The van der Waals surface area contributed by atoms with E-state index < -0.39 is 4.92 Å². The van der Waals surface area contributed by atoms with Gasteiger partial charge in [0.1, 0.15) is 0 Å². The van der Waals surface area contributed by atoms with Crippen LogP contribution in [0.1, 0.15) is 13.0 Å². The predicted octanol–water partition coefficient (Wildman–Crippen LogP) is 0.311. The van der Waals surface area contributed by atoms with Crippen molar-refractivity contribution in [2.75, 3.05) is 6.54 Å². The fourth-order valence-electron chi connectivity index (χ4n) is 0.779. The zero-order valence-electron chi connectivity index (χ0n) is 6.67. The van der Waals surface area contributed by atoms with E-state index in [4.69, 9.17) is 5.73 Å². The molecule has 0 fully saturated rings. The maximum absolute atomic E-state index is 10.2. The van der Waals surface area contributed by atoms with Crippen molar-refractivity contribution in [3.05, 3.63) is 22.4 Å². The molecule has 0 saturated heterocycles. The van der Waals surface area contributed by atoms with Crippen LogP contribution in [0.5, 0.6) is 0 Å². The Balaban J connectivity index is 2.84. The molecular weight excluding hydrogens is 160 g/mol. The molecule has 66 valence electrons. The highest BCUT2D eigenvalue weighted by Crippen LogP contribution is 2.09. The number of hydrogen-bond donors (Lipinski definition) is 1. The van der Waals surface area contributed by atoms with Crippen LogP contribution >= 0.6 is 0 Å². The minimum absolute atomic E-state index is 0.00120. The molecule has 0 aliphatic heterocycles. The van der Waals surface area contributed by atoms with Crippen LogP contribution < -0.4 is 5.73 Å². The Morgan fingerprint density at radius 1 is 1.92 bits per heavy atom. The van der Waals surface area contributed by atoms with E-state index in [0.717, 1.165) is 0 Å². The lowest BCUT2D eigenvalue weighted by Crippen LogP contribution is -2.16. The quantitative estimate of drug-likeness (QED) is 0.522. The van der Waals surface area contributed by atoms with Gasteiger partial charge in [0.25, 0.3) is 0 Å². The Hall–Kier alpha value is -1.43. The van der Waals surface area contributed by atoms with Crippen molar-refractivity contribution < 1.29 is 4.92 Å². The van der Waals surface area contributed by atoms with Gasteiger partial charge in [-0.1, -0.05) is 0 Å². The molecule has 0 amide bonds. The number of rotatable bonds is 3. The van der Waals surface area contributed by atoms with Gasteiger partial charge < -0.3 is 15.8 Å². The molecule has 0 radical (unpaired) electrons. The summed E-state index contributed by atoms with van der Waals surface area (Å²) >= 11 is 0. The van der Waals surface area contributed by atoms with E-state index in [1.165, 1.54) is 10.7 Å². The number of nitro groups is 1. The van der Waals surface area contributed by atoms with Gasteiger partial charge in [-0.3, -0.25) is 0 Å². The number of nitrogens with two attached hydrogens (primary N) is 1. The molecule has 12 heavy (non-hydrogen) atoms. The van der Waals surface area contributed by atoms with Gasteiger partial charge in [-0.25, -0.2) is 0 Å². The smallest absolute Gasteiger partial charge is 0.358 e. The standard InChI is InChI=1S/C6H10N4O2/c1-5(4-7)9-3-2-6(8-9)10(11)12/h2-3,5H,4,7H2,1H3. The molecule has 6 nitrogen and oxygen atoms in total. The number of nitrogens with zero attached hydrogens (tertiary/aromatic N) is 3. The molecule has 6 heteroatoms. The topological polar surface area (TPSA) is 87.0 Å². The van der Waals surface area contributed by atoms with Crippen LogP contribution in [0.2, 0.25) is 0 Å². The second kappa shape index (κ2) is 3.31. The second-order valence-corrected chi connectivity index (χ2v) is 2.50. The Morgan fingerprint density at radius 3 is 3.00 bits per heavy atom. The molecule has 1 aromatic heterocycles. The first kappa shape index (κ1) is 8.66. The molecule has 0 aliphatic carbocycles. The van der Waals surface area contributed by atoms with E-state index in [1.54, 1.807) is 6.20 Å². The molecule has 1 heterocycles. The first-order valence-electron chi connectivity index (χ1n) is 3.54. The van der Waals surface area contributed by atoms with Gasteiger partial charge in [-0.15, -0.1) is 0 Å². The van der Waals surface area contributed by atoms with Crippen LogP contribution in [0.4, 0.5) is 5.82 Å². The zero-order chi connectivity index (χ0) is 9.14. The largest absolute Gasteiger partial charge is 0.389 e. The average molecular weight is 170 g/mol. The summed E-state index contributed by atoms with van der Waals surface area (Å²) in [5.41, 5.74) is 5.36. The Kier molecular flexibility index (Phi) is 2.39. The van der Waals surface area contributed by atoms with Gasteiger partial charge in [-0.05, 0) is 11.8 Å². The van der Waals surface area contributed by atoms with E-state index in [1.807, 2.05) is 6.92 Å². The lowest BCUT2D eigenvalue weighted by atomic mass is 10.3. The third kappa shape index (κ3) is 1.59. The number of aromatic nitrogens is 2. The lowest BCUT2D eigenvalue weighted by molar-refractivity contribution is -0.389. The molecule has 1 aromatic rings. The van der Waals surface area contributed by atoms with Crippen LogP contribution in [-0.2, 0) is 0 Å². The molecule has 1 unspecified atom stereocenters. The van der Waals surface area contributed by atoms with Gasteiger partial charge in [0.2, 0.25) is 0 Å². The Bertz CT molecular complexity index is 283. The van der Waals surface area contributed by atoms with Gasteiger partial charge in [0.05, 0.1) is 23.4 Å². The summed E-state index contributed by atoms with van der Waals surface area (Å²) in [5.74, 6) is -0.143. The van der Waals surface area contributed by atoms with Crippen LogP contribution in [-0.4, -0.2) is 21.2 Å². The van der Waals surface area contributed by atoms with E-state index >= 15 is 0 Å². The minimum atomic E-state index is -0.528. The molecule has 0 bridgehead atoms. The summed E-state index contributed by atoms with van der Waals surface area (Å²) in [4.78, 5) is 9.70. The zero-order valence-corrected chi connectivity index (χ0v) is 6.67. The van der Waals surface area contributed by atoms with Crippen molar-refractivity contribution >= 4 is 5.82 Å². The summed E-state index contributed by atoms with van der Waals surface area (Å²) < 4.78 is 1.48. The van der Waals surface area contributed by atoms with Crippen molar-refractivity contribution in [1.29, 1.82) is 0 Å². The van der Waals surface area contributed by atoms with Crippen LogP contribution in [0.15, 0.2) is 12.3 Å². The van der Waals surface area contributed by atoms with E-state index in [2.05, 4.69) is 5.10 Å². The third-order valence-electron chi connectivity index (χ3n) is 1.57. The van der Waals surface area contributed by atoms with E-state index in [-0.39, 0.29) is 11.9 Å². The molecule has 1 rings (SSSR count). The predicted molar refractivity (Wildman–Crippen MR) is 42.6 cm³/mol. The Morgan fingerprint density at radius 2 is 2.58 bits per heavy atom. The fourth-order valence-corrected chi connectivity index (χ4v) is 0.779. The van der Waals surface area contributed by atoms with Crippen molar-refractivity contribution in [1.82, 2.24) is 9.78 Å². The molecule has 1 atom stereocenters. The van der Waals surface area contributed by atoms with Crippen LogP contribution in [0.25, 0.3) is 0 Å². The summed E-state index contributed by atoms with van der Waals surface area (Å²) in [7, 11) is 0. The second-order valence-electron chi connectivity index (χ2n) is 2.50. The molecule has 0 aromatic carbocycles. The normalized spacial score (nSPS) is 12.8. The summed E-state index contributed by atoms with van der Waals surface area (Å²) in [6.07, 6.45) is 1.55. The minimum Gasteiger partial charge on any atom is -0.358 e. The Labute approximate surface area is 69.1 Å². The molecule has 2 N–H and O–H groups in total. The maximum atomic E-state index is 10.2. The van der Waals surface area contributed by atoms with Crippen molar-refractivity contribution in [3.63, 3.8) is 0 Å². The van der Waals surface area contributed by atoms with Crippen LogP contribution in [0, 0.1) is 10.1 Å². The van der Waals surface area contributed by atoms with Crippen molar-refractivity contribution in [3.8, 4) is 0 Å². The van der Waals surface area contributed by atoms with Crippen LogP contribution in [0.3, 0.4) is 0 Å². The maximum Gasteiger partial charge on any atom is 0.389 e. The highest BCUT2D eigenvalue weighted by Gasteiger charge is 2.13. The van der Waals surface area contributed by atoms with Gasteiger partial charge in [0, 0.05) is 6.54 Å². The average Bonchev–Trinajstić information content (AvgIpc) is 2.51. The monoisotopic (exact) mass is 170 g/mol. The van der Waals surface area contributed by atoms with Gasteiger partial charge in [0.15, 0.2) is 0 Å². The highest BCUT2D eigenvalue weighted by atomic mass is 16.6.